The monoisotopic (exact) mass is 233 g/mol. The molecule has 2 heteroatoms. The lowest BCUT2D eigenvalue weighted by atomic mass is 10.0. The van der Waals surface area contributed by atoms with Gasteiger partial charge in [-0.15, -0.1) is 0 Å². The lowest BCUT2D eigenvalue weighted by Crippen LogP contribution is -2.22. The molecule has 0 saturated carbocycles. The van der Waals surface area contributed by atoms with E-state index in [1.54, 1.807) is 0 Å². The van der Waals surface area contributed by atoms with Crippen LogP contribution in [0, 0.1) is 0 Å². The molecule has 0 radical (unpaired) electrons. The minimum atomic E-state index is -0.978. The zero-order valence-electron chi connectivity index (χ0n) is 10.6. The van der Waals surface area contributed by atoms with Crippen molar-refractivity contribution in [1.29, 1.82) is 0 Å². The number of carbonyl (C=O) groups is 1. The number of carboxylic acids is 1. The van der Waals surface area contributed by atoms with Crippen LogP contribution >= 0.6 is 0 Å². The molecule has 1 rings (SSSR count). The highest BCUT2D eigenvalue weighted by molar-refractivity contribution is 5.64. The van der Waals surface area contributed by atoms with E-state index in [1.165, 1.54) is 31.2 Å². The zero-order valence-corrected chi connectivity index (χ0v) is 10.6. The van der Waals surface area contributed by atoms with Crippen LogP contribution in [0.25, 0.3) is 0 Å². The number of benzene rings is 1. The first-order valence-electron chi connectivity index (χ1n) is 6.50. The Morgan fingerprint density at radius 1 is 1.00 bits per heavy atom. The number of hydrogen-bond acceptors (Lipinski definition) is 2. The van der Waals surface area contributed by atoms with E-state index in [1.807, 2.05) is 12.1 Å². The van der Waals surface area contributed by atoms with Gasteiger partial charge in [-0.25, -0.2) is 0 Å². The molecule has 1 aromatic rings. The highest BCUT2D eigenvalue weighted by atomic mass is 16.4. The summed E-state index contributed by atoms with van der Waals surface area (Å²) in [6, 6.07) is 8.27. The molecule has 17 heavy (non-hydrogen) atoms. The molecule has 94 valence electrons. The van der Waals surface area contributed by atoms with Crippen molar-refractivity contribution in [3.8, 4) is 0 Å². The molecule has 2 nitrogen and oxygen atoms in total. The van der Waals surface area contributed by atoms with Crippen molar-refractivity contribution in [3.05, 3.63) is 35.4 Å². The fraction of sp³-hybridized carbons (Fsp3) is 0.533. The van der Waals surface area contributed by atoms with Crippen molar-refractivity contribution in [2.75, 3.05) is 0 Å². The molecule has 0 aliphatic heterocycles. The van der Waals surface area contributed by atoms with Gasteiger partial charge in [0.15, 0.2) is 0 Å². The predicted molar refractivity (Wildman–Crippen MR) is 67.6 cm³/mol. The summed E-state index contributed by atoms with van der Waals surface area (Å²) in [6.07, 6.45) is 6.91. The predicted octanol–water partition coefficient (Wildman–Crippen LogP) is 2.49. The first-order chi connectivity index (χ1) is 8.22. The van der Waals surface area contributed by atoms with Crippen LogP contribution in [0.4, 0.5) is 0 Å². The lowest BCUT2D eigenvalue weighted by Gasteiger charge is -2.05. The van der Waals surface area contributed by atoms with Gasteiger partial charge in [-0.3, -0.25) is 0 Å². The maximum absolute atomic E-state index is 10.3. The van der Waals surface area contributed by atoms with Gasteiger partial charge < -0.3 is 9.90 Å². The van der Waals surface area contributed by atoms with Gasteiger partial charge in [0.2, 0.25) is 0 Å². The van der Waals surface area contributed by atoms with Crippen molar-refractivity contribution in [3.63, 3.8) is 0 Å². The van der Waals surface area contributed by atoms with E-state index in [-0.39, 0.29) is 6.42 Å². The van der Waals surface area contributed by atoms with Crippen molar-refractivity contribution in [2.24, 2.45) is 0 Å². The number of unbranched alkanes of at least 4 members (excludes halogenated alkanes) is 3. The number of aliphatic carboxylic acids is 1. The van der Waals surface area contributed by atoms with E-state index in [9.17, 15) is 9.90 Å². The molecule has 0 saturated heterocycles. The number of carboxylic acid groups (broad SMARTS) is 1. The standard InChI is InChI=1S/C15H22O2/c1-2-3-4-5-6-13-7-9-14(10-8-13)11-12-15(16)17/h7-10H,2-6,11-12H2,1H3,(H,16,17)/p-1. The fourth-order valence-electron chi connectivity index (χ4n) is 1.87. The van der Waals surface area contributed by atoms with E-state index in [0.29, 0.717) is 6.42 Å². The molecule has 0 fully saturated rings. The molecular formula is C15H21O2-. The average Bonchev–Trinajstić information content (AvgIpc) is 2.33. The number of aryl methyl sites for hydroxylation is 2. The fourth-order valence-corrected chi connectivity index (χ4v) is 1.87. The molecule has 0 unspecified atom stereocenters. The van der Waals surface area contributed by atoms with Crippen molar-refractivity contribution < 1.29 is 9.90 Å². The largest absolute Gasteiger partial charge is 0.550 e. The molecule has 0 spiro atoms. The van der Waals surface area contributed by atoms with E-state index >= 15 is 0 Å². The third-order valence-corrected chi connectivity index (χ3v) is 2.96. The van der Waals surface area contributed by atoms with E-state index in [2.05, 4.69) is 19.1 Å². The molecule has 0 heterocycles. The van der Waals surface area contributed by atoms with Gasteiger partial charge in [-0.2, -0.15) is 0 Å². The van der Waals surface area contributed by atoms with Gasteiger partial charge in [0.1, 0.15) is 0 Å². The van der Waals surface area contributed by atoms with Crippen molar-refractivity contribution in [2.45, 2.75) is 51.9 Å². The van der Waals surface area contributed by atoms with Crippen molar-refractivity contribution >= 4 is 5.97 Å². The highest BCUT2D eigenvalue weighted by Crippen LogP contribution is 2.10. The quantitative estimate of drug-likeness (QED) is 0.647. The highest BCUT2D eigenvalue weighted by Gasteiger charge is 1.96. The van der Waals surface area contributed by atoms with Crippen LogP contribution < -0.4 is 5.11 Å². The Morgan fingerprint density at radius 2 is 1.59 bits per heavy atom. The van der Waals surface area contributed by atoms with Crippen LogP contribution in [0.1, 0.15) is 50.2 Å². The molecular weight excluding hydrogens is 212 g/mol. The second-order valence-electron chi connectivity index (χ2n) is 4.50. The molecule has 0 amide bonds. The van der Waals surface area contributed by atoms with Crippen LogP contribution in [-0.2, 0) is 17.6 Å². The molecule has 0 bridgehead atoms. The molecule has 0 atom stereocenters. The van der Waals surface area contributed by atoms with Crippen LogP contribution in [0.15, 0.2) is 24.3 Å². The summed E-state index contributed by atoms with van der Waals surface area (Å²) in [5.41, 5.74) is 2.42. The van der Waals surface area contributed by atoms with Gasteiger partial charge in [-0.1, -0.05) is 50.5 Å². The summed E-state index contributed by atoms with van der Waals surface area (Å²) < 4.78 is 0. The Morgan fingerprint density at radius 3 is 2.12 bits per heavy atom. The van der Waals surface area contributed by atoms with Crippen LogP contribution in [-0.4, -0.2) is 5.97 Å². The third kappa shape index (κ3) is 6.10. The SMILES string of the molecule is CCCCCCc1ccc(CCC(=O)[O-])cc1. The third-order valence-electron chi connectivity index (χ3n) is 2.96. The second-order valence-corrected chi connectivity index (χ2v) is 4.50. The molecule has 0 N–H and O–H groups in total. The minimum Gasteiger partial charge on any atom is -0.550 e. The van der Waals surface area contributed by atoms with Gasteiger partial charge in [0, 0.05) is 5.97 Å². The normalized spacial score (nSPS) is 10.4. The number of hydrogen-bond donors (Lipinski definition) is 0. The number of rotatable bonds is 8. The zero-order chi connectivity index (χ0) is 12.5. The average molecular weight is 233 g/mol. The van der Waals surface area contributed by atoms with Crippen LogP contribution in [0.5, 0.6) is 0 Å². The molecule has 0 aromatic heterocycles. The van der Waals surface area contributed by atoms with E-state index in [0.717, 1.165) is 12.0 Å². The minimum absolute atomic E-state index is 0.107. The van der Waals surface area contributed by atoms with Crippen molar-refractivity contribution in [1.82, 2.24) is 0 Å². The smallest absolute Gasteiger partial charge is 0.0417 e. The Balaban J connectivity index is 2.31. The Hall–Kier alpha value is -1.31. The summed E-state index contributed by atoms with van der Waals surface area (Å²) in [5, 5.41) is 10.3. The lowest BCUT2D eigenvalue weighted by molar-refractivity contribution is -0.305. The maximum atomic E-state index is 10.3. The molecule has 1 aromatic carbocycles. The van der Waals surface area contributed by atoms with Crippen LogP contribution in [0.3, 0.4) is 0 Å². The first-order valence-corrected chi connectivity index (χ1v) is 6.50. The van der Waals surface area contributed by atoms with Crippen LogP contribution in [0.2, 0.25) is 0 Å². The molecule has 0 aliphatic carbocycles. The Bertz CT molecular complexity index is 327. The molecule has 0 aliphatic rings. The summed E-state index contributed by atoms with van der Waals surface area (Å²) >= 11 is 0. The van der Waals surface area contributed by atoms with E-state index in [4.69, 9.17) is 0 Å². The summed E-state index contributed by atoms with van der Waals surface area (Å²) in [5.74, 6) is -0.978. The summed E-state index contributed by atoms with van der Waals surface area (Å²) in [6.45, 7) is 2.21. The van der Waals surface area contributed by atoms with Gasteiger partial charge in [0.05, 0.1) is 0 Å². The second kappa shape index (κ2) is 7.88. The summed E-state index contributed by atoms with van der Waals surface area (Å²) in [7, 11) is 0. The number of carbonyl (C=O) groups excluding carboxylic acids is 1. The van der Waals surface area contributed by atoms with Gasteiger partial charge in [0.25, 0.3) is 0 Å². The first kappa shape index (κ1) is 13.8. The van der Waals surface area contributed by atoms with Gasteiger partial charge in [-0.05, 0) is 36.8 Å². The topological polar surface area (TPSA) is 40.1 Å². The maximum Gasteiger partial charge on any atom is 0.0417 e. The Kier molecular flexibility index (Phi) is 6.38. The van der Waals surface area contributed by atoms with E-state index < -0.39 is 5.97 Å². The van der Waals surface area contributed by atoms with Gasteiger partial charge >= 0.3 is 0 Å². The summed E-state index contributed by atoms with van der Waals surface area (Å²) in [4.78, 5) is 10.3. The Labute approximate surface area is 104 Å².